The molecule has 0 radical (unpaired) electrons. The van der Waals surface area contributed by atoms with Gasteiger partial charge in [-0.05, 0) is 25.1 Å². The second kappa shape index (κ2) is 7.43. The molecule has 1 N–H and O–H groups in total. The van der Waals surface area contributed by atoms with Gasteiger partial charge in [-0.3, -0.25) is 14.9 Å². The molecule has 0 bridgehead atoms. The topological polar surface area (TPSA) is 120 Å². The van der Waals surface area contributed by atoms with Crippen molar-refractivity contribution < 1.29 is 19.0 Å². The fourth-order valence-corrected chi connectivity index (χ4v) is 2.24. The van der Waals surface area contributed by atoms with Crippen LogP contribution in [0.1, 0.15) is 5.82 Å². The Morgan fingerprint density at radius 2 is 1.96 bits per heavy atom. The van der Waals surface area contributed by atoms with Crippen molar-refractivity contribution in [3.8, 4) is 17.2 Å². The predicted molar refractivity (Wildman–Crippen MR) is 91.7 cm³/mol. The monoisotopic (exact) mass is 354 g/mol. The van der Waals surface area contributed by atoms with E-state index in [4.69, 9.17) is 9.26 Å². The molecular formula is C17H14N4O5. The van der Waals surface area contributed by atoms with Crippen molar-refractivity contribution >= 4 is 17.3 Å². The number of carbonyl (C=O) groups is 1. The number of nitro groups is 1. The molecule has 1 aromatic heterocycles. The number of aryl methyl sites for hydroxylation is 1. The molecule has 26 heavy (non-hydrogen) atoms. The van der Waals surface area contributed by atoms with Crippen molar-refractivity contribution in [3.05, 3.63) is 64.5 Å². The SMILES string of the molecule is Cc1noc(-c2ccccc2NC(=O)COc2ccccc2[N+](=O)[O-])n1. The Labute approximate surface area is 147 Å². The number of hydrogen-bond acceptors (Lipinski definition) is 7. The summed E-state index contributed by atoms with van der Waals surface area (Å²) in [4.78, 5) is 26.7. The number of carbonyl (C=O) groups excluding carboxylic acids is 1. The van der Waals surface area contributed by atoms with E-state index in [0.717, 1.165) is 0 Å². The first-order valence-electron chi connectivity index (χ1n) is 7.60. The van der Waals surface area contributed by atoms with Crippen molar-refractivity contribution in [1.82, 2.24) is 10.1 Å². The minimum atomic E-state index is -0.569. The fourth-order valence-electron chi connectivity index (χ4n) is 2.24. The first kappa shape index (κ1) is 17.1. The maximum Gasteiger partial charge on any atom is 0.310 e. The molecule has 2 aromatic carbocycles. The molecule has 9 nitrogen and oxygen atoms in total. The van der Waals surface area contributed by atoms with Crippen LogP contribution in [0.15, 0.2) is 53.1 Å². The largest absolute Gasteiger partial charge is 0.477 e. The molecule has 1 heterocycles. The maximum atomic E-state index is 12.2. The molecule has 0 fully saturated rings. The second-order valence-corrected chi connectivity index (χ2v) is 5.25. The Hall–Kier alpha value is -3.75. The van der Waals surface area contributed by atoms with Gasteiger partial charge in [0.1, 0.15) is 0 Å². The van der Waals surface area contributed by atoms with Gasteiger partial charge in [-0.15, -0.1) is 0 Å². The van der Waals surface area contributed by atoms with E-state index in [9.17, 15) is 14.9 Å². The van der Waals surface area contributed by atoms with Crippen LogP contribution in [0, 0.1) is 17.0 Å². The number of nitro benzene ring substituents is 1. The molecule has 0 aliphatic rings. The summed E-state index contributed by atoms with van der Waals surface area (Å²) in [5.41, 5.74) is 0.821. The lowest BCUT2D eigenvalue weighted by molar-refractivity contribution is -0.385. The first-order chi connectivity index (χ1) is 12.5. The summed E-state index contributed by atoms with van der Waals surface area (Å²) >= 11 is 0. The number of benzene rings is 2. The third-order valence-corrected chi connectivity index (χ3v) is 3.38. The van der Waals surface area contributed by atoms with Gasteiger partial charge in [0.15, 0.2) is 18.2 Å². The number of aromatic nitrogens is 2. The zero-order valence-electron chi connectivity index (χ0n) is 13.7. The molecule has 0 aliphatic heterocycles. The van der Waals surface area contributed by atoms with Crippen molar-refractivity contribution in [2.24, 2.45) is 0 Å². The van der Waals surface area contributed by atoms with Crippen LogP contribution in [-0.4, -0.2) is 27.6 Å². The number of nitrogens with zero attached hydrogens (tertiary/aromatic N) is 3. The summed E-state index contributed by atoms with van der Waals surface area (Å²) < 4.78 is 10.4. The Bertz CT molecular complexity index is 954. The molecule has 3 aromatic rings. The van der Waals surface area contributed by atoms with E-state index in [0.29, 0.717) is 17.1 Å². The molecule has 132 valence electrons. The molecule has 9 heteroatoms. The van der Waals surface area contributed by atoms with E-state index in [1.54, 1.807) is 37.3 Å². The quantitative estimate of drug-likeness (QED) is 0.533. The molecule has 3 rings (SSSR count). The summed E-state index contributed by atoms with van der Waals surface area (Å²) in [5.74, 6) is 0.291. The molecule has 0 unspecified atom stereocenters. The number of amides is 1. The Morgan fingerprint density at radius 1 is 1.23 bits per heavy atom. The molecule has 0 saturated carbocycles. The van der Waals surface area contributed by atoms with Gasteiger partial charge in [0.2, 0.25) is 0 Å². The predicted octanol–water partition coefficient (Wildman–Crippen LogP) is 2.97. The average molecular weight is 354 g/mol. The average Bonchev–Trinajstić information content (AvgIpc) is 3.07. The van der Waals surface area contributed by atoms with Crippen molar-refractivity contribution in [3.63, 3.8) is 0 Å². The molecule has 0 atom stereocenters. The van der Waals surface area contributed by atoms with Crippen molar-refractivity contribution in [2.45, 2.75) is 6.92 Å². The lowest BCUT2D eigenvalue weighted by Crippen LogP contribution is -2.20. The van der Waals surface area contributed by atoms with Gasteiger partial charge < -0.3 is 14.6 Å². The third kappa shape index (κ3) is 3.83. The highest BCUT2D eigenvalue weighted by Crippen LogP contribution is 2.27. The number of para-hydroxylation sites is 3. The standard InChI is InChI=1S/C17H14N4O5/c1-11-18-17(26-20-11)12-6-2-3-7-13(12)19-16(22)10-25-15-9-5-4-8-14(15)21(23)24/h2-9H,10H2,1H3,(H,19,22). The molecular weight excluding hydrogens is 340 g/mol. The molecule has 0 aliphatic carbocycles. The number of ether oxygens (including phenoxy) is 1. The van der Waals surface area contributed by atoms with Crippen LogP contribution in [0.5, 0.6) is 5.75 Å². The van der Waals surface area contributed by atoms with Gasteiger partial charge in [0.05, 0.1) is 16.2 Å². The van der Waals surface area contributed by atoms with E-state index < -0.39 is 10.8 Å². The zero-order chi connectivity index (χ0) is 18.5. The van der Waals surface area contributed by atoms with Gasteiger partial charge >= 0.3 is 5.69 Å². The minimum absolute atomic E-state index is 0.0217. The molecule has 0 saturated heterocycles. The second-order valence-electron chi connectivity index (χ2n) is 5.25. The van der Waals surface area contributed by atoms with Crippen LogP contribution >= 0.6 is 0 Å². The third-order valence-electron chi connectivity index (χ3n) is 3.38. The van der Waals surface area contributed by atoms with Crippen LogP contribution in [0.25, 0.3) is 11.5 Å². The highest BCUT2D eigenvalue weighted by molar-refractivity contribution is 5.95. The van der Waals surface area contributed by atoms with Crippen molar-refractivity contribution in [1.29, 1.82) is 0 Å². The van der Waals surface area contributed by atoms with Crippen LogP contribution in [0.3, 0.4) is 0 Å². The fraction of sp³-hybridized carbons (Fsp3) is 0.118. The Balaban J connectivity index is 1.71. The number of hydrogen-bond donors (Lipinski definition) is 1. The highest BCUT2D eigenvalue weighted by atomic mass is 16.6. The maximum absolute atomic E-state index is 12.2. The van der Waals surface area contributed by atoms with Gasteiger partial charge in [-0.1, -0.05) is 29.4 Å². The van der Waals surface area contributed by atoms with Crippen LogP contribution < -0.4 is 10.1 Å². The summed E-state index contributed by atoms with van der Waals surface area (Å²) in [6.07, 6.45) is 0. The zero-order valence-corrected chi connectivity index (χ0v) is 13.7. The van der Waals surface area contributed by atoms with Crippen LogP contribution in [-0.2, 0) is 4.79 Å². The van der Waals surface area contributed by atoms with Gasteiger partial charge in [-0.25, -0.2) is 0 Å². The number of anilines is 1. The summed E-state index contributed by atoms with van der Waals surface area (Å²) in [6.45, 7) is 1.30. The minimum Gasteiger partial charge on any atom is -0.477 e. The van der Waals surface area contributed by atoms with Gasteiger partial charge in [0.25, 0.3) is 11.8 Å². The summed E-state index contributed by atoms with van der Waals surface area (Å²) in [7, 11) is 0. The lowest BCUT2D eigenvalue weighted by atomic mass is 10.1. The highest BCUT2D eigenvalue weighted by Gasteiger charge is 2.16. The smallest absolute Gasteiger partial charge is 0.310 e. The van der Waals surface area contributed by atoms with Gasteiger partial charge in [-0.2, -0.15) is 4.98 Å². The summed E-state index contributed by atoms with van der Waals surface area (Å²) in [5, 5.41) is 17.4. The lowest BCUT2D eigenvalue weighted by Gasteiger charge is -2.09. The van der Waals surface area contributed by atoms with E-state index >= 15 is 0 Å². The van der Waals surface area contributed by atoms with Gasteiger partial charge in [0, 0.05) is 6.07 Å². The molecule has 0 spiro atoms. The number of nitrogens with one attached hydrogen (secondary N) is 1. The number of rotatable bonds is 6. The Kier molecular flexibility index (Phi) is 4.88. The van der Waals surface area contributed by atoms with E-state index in [1.807, 2.05) is 0 Å². The summed E-state index contributed by atoms with van der Waals surface area (Å²) in [6, 6.07) is 12.8. The first-order valence-corrected chi connectivity index (χ1v) is 7.60. The van der Waals surface area contributed by atoms with E-state index in [1.165, 1.54) is 18.2 Å². The normalized spacial score (nSPS) is 10.3. The van der Waals surface area contributed by atoms with Crippen LogP contribution in [0.2, 0.25) is 0 Å². The van der Waals surface area contributed by atoms with Crippen LogP contribution in [0.4, 0.5) is 11.4 Å². The molecule has 1 amide bonds. The van der Waals surface area contributed by atoms with E-state index in [-0.39, 0.29) is 23.9 Å². The van der Waals surface area contributed by atoms with Crippen molar-refractivity contribution in [2.75, 3.05) is 11.9 Å². The van der Waals surface area contributed by atoms with E-state index in [2.05, 4.69) is 15.5 Å². The Morgan fingerprint density at radius 3 is 2.69 bits per heavy atom.